The van der Waals surface area contributed by atoms with E-state index < -0.39 is 0 Å². The Hall–Kier alpha value is -3.64. The fourth-order valence-electron chi connectivity index (χ4n) is 4.50. The summed E-state index contributed by atoms with van der Waals surface area (Å²) in [7, 11) is 0. The lowest BCUT2D eigenvalue weighted by Crippen LogP contribution is -1.98. The van der Waals surface area contributed by atoms with Gasteiger partial charge in [0.25, 0.3) is 0 Å². The van der Waals surface area contributed by atoms with Crippen molar-refractivity contribution < 1.29 is 0 Å². The fraction of sp³-hybridized carbons (Fsp3) is 0.282. The predicted molar refractivity (Wildman–Crippen MR) is 177 cm³/mol. The highest BCUT2D eigenvalue weighted by Gasteiger charge is 2.12. The van der Waals surface area contributed by atoms with Crippen LogP contribution in [-0.4, -0.2) is 0 Å². The number of hydrogen-bond donors (Lipinski definition) is 0. The first-order valence-corrected chi connectivity index (χ1v) is 14.6. The molecule has 204 valence electrons. The van der Waals surface area contributed by atoms with Crippen molar-refractivity contribution in [3.8, 4) is 33.4 Å². The van der Waals surface area contributed by atoms with Gasteiger partial charge < -0.3 is 0 Å². The Bertz CT molecular complexity index is 1310. The number of hydrogen-bond acceptors (Lipinski definition) is 0. The van der Waals surface area contributed by atoms with Gasteiger partial charge in [-0.1, -0.05) is 163 Å². The molecule has 0 amide bonds. The van der Waals surface area contributed by atoms with Crippen molar-refractivity contribution in [2.75, 3.05) is 0 Å². The minimum Gasteiger partial charge on any atom is -0.0877 e. The fourth-order valence-corrected chi connectivity index (χ4v) is 4.50. The third kappa shape index (κ3) is 8.69. The summed E-state index contributed by atoms with van der Waals surface area (Å²) in [5.41, 5.74) is 12.9. The Balaban J connectivity index is 0.000000998. The second-order valence-corrected chi connectivity index (χ2v) is 10.0. The molecule has 4 aromatic carbocycles. The highest BCUT2D eigenvalue weighted by atomic mass is 14.2. The number of rotatable bonds is 6. The molecule has 0 nitrogen and oxygen atoms in total. The van der Waals surface area contributed by atoms with Crippen LogP contribution in [0.2, 0.25) is 0 Å². The van der Waals surface area contributed by atoms with E-state index in [-0.39, 0.29) is 0 Å². The van der Waals surface area contributed by atoms with Crippen LogP contribution in [0.1, 0.15) is 71.6 Å². The average molecular weight is 517 g/mol. The predicted octanol–water partition coefficient (Wildman–Crippen LogP) is 12.4. The summed E-state index contributed by atoms with van der Waals surface area (Å²) in [6.07, 6.45) is 7.73. The van der Waals surface area contributed by atoms with Crippen LogP contribution in [-0.2, 0) is 0 Å². The maximum absolute atomic E-state index is 2.26. The summed E-state index contributed by atoms with van der Waals surface area (Å²) in [6, 6.07) is 33.2. The normalized spacial score (nSPS) is 11.1. The van der Waals surface area contributed by atoms with Gasteiger partial charge in [-0.05, 0) is 76.8 Å². The van der Waals surface area contributed by atoms with Crippen molar-refractivity contribution in [3.05, 3.63) is 126 Å². The molecule has 0 radical (unpaired) electrons. The van der Waals surface area contributed by atoms with Crippen molar-refractivity contribution in [3.63, 3.8) is 0 Å². The van der Waals surface area contributed by atoms with Crippen LogP contribution in [0.25, 0.3) is 39.0 Å². The van der Waals surface area contributed by atoms with Gasteiger partial charge in [-0.2, -0.15) is 0 Å². The van der Waals surface area contributed by atoms with Gasteiger partial charge >= 0.3 is 0 Å². The zero-order valence-corrected chi connectivity index (χ0v) is 25.7. The van der Waals surface area contributed by atoms with Crippen molar-refractivity contribution in [2.24, 2.45) is 5.92 Å². The highest BCUT2D eigenvalue weighted by molar-refractivity contribution is 5.80. The van der Waals surface area contributed by atoms with Crippen LogP contribution >= 0.6 is 0 Å². The molecule has 0 heteroatoms. The molecule has 0 aliphatic heterocycles. The molecule has 0 heterocycles. The largest absolute Gasteiger partial charge is 0.0877 e. The second kappa shape index (κ2) is 16.4. The molecule has 0 saturated heterocycles. The summed E-state index contributed by atoms with van der Waals surface area (Å²) in [6.45, 7) is 19.2. The van der Waals surface area contributed by atoms with E-state index in [1.807, 2.05) is 13.8 Å². The number of aryl methyl sites for hydroxylation is 1. The van der Waals surface area contributed by atoms with E-state index in [2.05, 4.69) is 158 Å². The lowest BCUT2D eigenvalue weighted by Gasteiger charge is -2.17. The molecule has 0 aliphatic carbocycles. The molecule has 0 bridgehead atoms. The molecule has 0 saturated carbocycles. The molecule has 0 aliphatic rings. The summed E-state index contributed by atoms with van der Waals surface area (Å²) in [5, 5.41) is 0. The van der Waals surface area contributed by atoms with Crippen LogP contribution in [0.4, 0.5) is 0 Å². The average Bonchev–Trinajstić information content (AvgIpc) is 2.96. The lowest BCUT2D eigenvalue weighted by molar-refractivity contribution is 0.854. The van der Waals surface area contributed by atoms with Crippen molar-refractivity contribution in [2.45, 2.75) is 68.7 Å². The zero-order chi connectivity index (χ0) is 28.8. The van der Waals surface area contributed by atoms with E-state index >= 15 is 0 Å². The molecule has 0 fully saturated rings. The van der Waals surface area contributed by atoms with Gasteiger partial charge in [0.2, 0.25) is 0 Å². The molecule has 0 N–H and O–H groups in total. The third-order valence-corrected chi connectivity index (χ3v) is 6.53. The third-order valence-electron chi connectivity index (χ3n) is 6.53. The van der Waals surface area contributed by atoms with E-state index in [9.17, 15) is 0 Å². The van der Waals surface area contributed by atoms with Crippen LogP contribution in [0.15, 0.2) is 109 Å². The van der Waals surface area contributed by atoms with Crippen LogP contribution in [0.3, 0.4) is 0 Å². The monoisotopic (exact) mass is 516 g/mol. The molecule has 4 rings (SSSR count). The van der Waals surface area contributed by atoms with Crippen LogP contribution in [0.5, 0.6) is 0 Å². The Morgan fingerprint density at radius 3 is 1.46 bits per heavy atom. The van der Waals surface area contributed by atoms with Gasteiger partial charge in [0, 0.05) is 0 Å². The van der Waals surface area contributed by atoms with Gasteiger partial charge in [0.15, 0.2) is 0 Å². The smallest absolute Gasteiger partial charge is 0.0149 e. The molecule has 39 heavy (non-hydrogen) atoms. The first-order chi connectivity index (χ1) is 18.9. The number of allylic oxidation sites excluding steroid dienone is 4. The molecule has 0 spiro atoms. The van der Waals surface area contributed by atoms with E-state index in [1.165, 1.54) is 62.1 Å². The van der Waals surface area contributed by atoms with Gasteiger partial charge in [-0.25, -0.2) is 0 Å². The second-order valence-electron chi connectivity index (χ2n) is 10.0. The Labute approximate surface area is 239 Å². The van der Waals surface area contributed by atoms with Crippen LogP contribution < -0.4 is 0 Å². The topological polar surface area (TPSA) is 0 Å². The molecular formula is C39H48. The van der Waals surface area contributed by atoms with E-state index in [4.69, 9.17) is 0 Å². The summed E-state index contributed by atoms with van der Waals surface area (Å²) in [5.74, 6) is 0.468. The van der Waals surface area contributed by atoms with Gasteiger partial charge in [-0.3, -0.25) is 0 Å². The van der Waals surface area contributed by atoms with Crippen LogP contribution in [0, 0.1) is 19.8 Å². The molecule has 4 aromatic rings. The SMILES string of the molecule is C/C=C\C=C(\c1cccc(-c2ccc(-c3ccc(-c4ccc(C)cc4)cc3)cc2)c1C)C(C)C.CC.CCC. The van der Waals surface area contributed by atoms with E-state index in [1.54, 1.807) is 0 Å². The molecular weight excluding hydrogens is 468 g/mol. The molecule has 0 aromatic heterocycles. The number of benzene rings is 4. The standard InChI is InChI=1S/C34H34.C3H8.C2H6/c1-6-7-9-32(24(2)3)34-11-8-10-33(26(34)5)31-22-20-30(21-23-31)29-18-16-28(17-19-29)27-14-12-25(4)13-15-27;1-3-2;1-2/h6-24H,1-5H3;3H2,1-2H3;1-2H3/b7-6-,32-9+;;. The minimum absolute atomic E-state index is 0.468. The van der Waals surface area contributed by atoms with E-state index in [0.29, 0.717) is 5.92 Å². The van der Waals surface area contributed by atoms with Gasteiger partial charge in [0.1, 0.15) is 0 Å². The minimum atomic E-state index is 0.468. The first kappa shape index (κ1) is 31.6. The first-order valence-electron chi connectivity index (χ1n) is 14.6. The summed E-state index contributed by atoms with van der Waals surface area (Å²) >= 11 is 0. The van der Waals surface area contributed by atoms with Gasteiger partial charge in [-0.15, -0.1) is 0 Å². The van der Waals surface area contributed by atoms with Crippen molar-refractivity contribution >= 4 is 5.57 Å². The quantitative estimate of drug-likeness (QED) is 0.224. The van der Waals surface area contributed by atoms with Crippen molar-refractivity contribution in [1.29, 1.82) is 0 Å². The van der Waals surface area contributed by atoms with Gasteiger partial charge in [0.05, 0.1) is 0 Å². The molecule has 0 unspecified atom stereocenters. The maximum Gasteiger partial charge on any atom is -0.0149 e. The van der Waals surface area contributed by atoms with E-state index in [0.717, 1.165) is 0 Å². The Kier molecular flexibility index (Phi) is 13.2. The zero-order valence-electron chi connectivity index (χ0n) is 25.7. The Morgan fingerprint density at radius 2 is 1.05 bits per heavy atom. The lowest BCUT2D eigenvalue weighted by atomic mass is 9.87. The summed E-state index contributed by atoms with van der Waals surface area (Å²) < 4.78 is 0. The summed E-state index contributed by atoms with van der Waals surface area (Å²) in [4.78, 5) is 0. The Morgan fingerprint density at radius 1 is 0.641 bits per heavy atom. The highest BCUT2D eigenvalue weighted by Crippen LogP contribution is 2.34. The molecule has 0 atom stereocenters. The maximum atomic E-state index is 2.26. The van der Waals surface area contributed by atoms with Crippen molar-refractivity contribution in [1.82, 2.24) is 0 Å².